The number of amides is 1. The molecule has 0 radical (unpaired) electrons. The Kier molecular flexibility index (Phi) is 6.91. The maximum atomic E-state index is 12.3. The maximum absolute atomic E-state index is 12.3. The van der Waals surface area contributed by atoms with E-state index in [0.717, 1.165) is 12.0 Å². The predicted octanol–water partition coefficient (Wildman–Crippen LogP) is 4.06. The molecule has 0 aliphatic carbocycles. The Balaban J connectivity index is 2.95. The number of carbonyl (C=O) groups excluding carboxylic acids is 1. The van der Waals surface area contributed by atoms with Gasteiger partial charge in [0.25, 0.3) is 0 Å². The Morgan fingerprint density at radius 3 is 1.96 bits per heavy atom. The van der Waals surface area contributed by atoms with Crippen molar-refractivity contribution >= 4 is 12.0 Å². The minimum atomic E-state index is -0.290. The van der Waals surface area contributed by atoms with E-state index in [1.165, 1.54) is 6.08 Å². The molecule has 5 heteroatoms. The Hall–Kier alpha value is -2.17. The molecule has 0 aliphatic heterocycles. The lowest BCUT2D eigenvalue weighted by atomic mass is 9.82. The Morgan fingerprint density at radius 2 is 1.48 bits per heavy atom. The number of rotatable bonds is 7. The molecule has 1 aromatic carbocycles. The summed E-state index contributed by atoms with van der Waals surface area (Å²) in [7, 11) is 4.71. The summed E-state index contributed by atoms with van der Waals surface area (Å²) < 4.78 is 15.9. The highest BCUT2D eigenvalue weighted by Crippen LogP contribution is 2.35. The zero-order chi connectivity index (χ0) is 19.3. The molecule has 0 unspecified atom stereocenters. The van der Waals surface area contributed by atoms with Gasteiger partial charge in [-0.05, 0) is 37.8 Å². The monoisotopic (exact) mass is 349 g/mol. The van der Waals surface area contributed by atoms with Crippen LogP contribution in [0.2, 0.25) is 0 Å². The van der Waals surface area contributed by atoms with Gasteiger partial charge in [0.2, 0.25) is 5.91 Å². The molecule has 25 heavy (non-hydrogen) atoms. The van der Waals surface area contributed by atoms with Gasteiger partial charge in [0, 0.05) is 23.2 Å². The highest BCUT2D eigenvalue weighted by Gasteiger charge is 2.26. The van der Waals surface area contributed by atoms with Crippen LogP contribution in [0.5, 0.6) is 17.2 Å². The van der Waals surface area contributed by atoms with Crippen LogP contribution >= 0.6 is 0 Å². The summed E-state index contributed by atoms with van der Waals surface area (Å²) in [5, 5.41) is 3.05. The summed E-state index contributed by atoms with van der Waals surface area (Å²) in [6.45, 7) is 10.5. The average Bonchev–Trinajstić information content (AvgIpc) is 2.48. The molecule has 140 valence electrons. The molecule has 0 saturated carbocycles. The van der Waals surface area contributed by atoms with Crippen molar-refractivity contribution in [3.8, 4) is 17.2 Å². The Morgan fingerprint density at radius 1 is 0.960 bits per heavy atom. The predicted molar refractivity (Wildman–Crippen MR) is 101 cm³/mol. The molecule has 0 atom stereocenters. The van der Waals surface area contributed by atoms with E-state index in [0.29, 0.717) is 17.2 Å². The van der Waals surface area contributed by atoms with Crippen LogP contribution in [0.4, 0.5) is 0 Å². The third-order valence-electron chi connectivity index (χ3n) is 3.58. The van der Waals surface area contributed by atoms with Gasteiger partial charge in [0.05, 0.1) is 21.3 Å². The van der Waals surface area contributed by atoms with Crippen molar-refractivity contribution in [3.63, 3.8) is 0 Å². The molecular weight excluding hydrogens is 318 g/mol. The van der Waals surface area contributed by atoms with Crippen molar-refractivity contribution in [1.29, 1.82) is 0 Å². The van der Waals surface area contributed by atoms with Gasteiger partial charge >= 0.3 is 0 Å². The topological polar surface area (TPSA) is 56.8 Å². The molecule has 1 aromatic rings. The molecule has 0 saturated heterocycles. The number of nitrogens with one attached hydrogen (secondary N) is 1. The van der Waals surface area contributed by atoms with Crippen molar-refractivity contribution in [2.45, 2.75) is 46.6 Å². The average molecular weight is 349 g/mol. The van der Waals surface area contributed by atoms with E-state index in [4.69, 9.17) is 14.2 Å². The Bertz CT molecular complexity index is 627. The standard InChI is InChI=1S/C20H31NO4/c1-19(2,3)13-20(4,5)21-18(22)10-9-14-11-16(24-7)17(25-8)12-15(14)23-6/h9-12H,13H2,1-8H3,(H,21,22). The number of hydrogen-bond donors (Lipinski definition) is 1. The second-order valence-electron chi connectivity index (χ2n) is 7.89. The van der Waals surface area contributed by atoms with Crippen LogP contribution in [0.25, 0.3) is 6.08 Å². The largest absolute Gasteiger partial charge is 0.496 e. The van der Waals surface area contributed by atoms with Gasteiger partial charge in [-0.1, -0.05) is 20.8 Å². The third-order valence-corrected chi connectivity index (χ3v) is 3.58. The minimum absolute atomic E-state index is 0.132. The SMILES string of the molecule is COc1cc(OC)c(OC)cc1C=CC(=O)NC(C)(C)CC(C)(C)C. The molecule has 1 N–H and O–H groups in total. The molecule has 0 aliphatic rings. The molecule has 0 spiro atoms. The van der Waals surface area contributed by atoms with Gasteiger partial charge in [-0.25, -0.2) is 0 Å². The molecule has 1 amide bonds. The van der Waals surface area contributed by atoms with E-state index < -0.39 is 0 Å². The van der Waals surface area contributed by atoms with Crippen LogP contribution in [0.1, 0.15) is 46.6 Å². The van der Waals surface area contributed by atoms with Crippen LogP contribution in [0.15, 0.2) is 18.2 Å². The highest BCUT2D eigenvalue weighted by molar-refractivity contribution is 5.92. The Labute approximate surface area is 151 Å². The summed E-state index contributed by atoms with van der Waals surface area (Å²) in [6, 6.07) is 3.52. The summed E-state index contributed by atoms with van der Waals surface area (Å²) in [6.07, 6.45) is 4.09. The number of methoxy groups -OCH3 is 3. The lowest BCUT2D eigenvalue weighted by molar-refractivity contribution is -0.118. The van der Waals surface area contributed by atoms with E-state index in [-0.39, 0.29) is 16.9 Å². The molecule has 1 rings (SSSR count). The van der Waals surface area contributed by atoms with E-state index in [9.17, 15) is 4.79 Å². The minimum Gasteiger partial charge on any atom is -0.496 e. The van der Waals surface area contributed by atoms with E-state index in [2.05, 4.69) is 26.1 Å². The van der Waals surface area contributed by atoms with Crippen LogP contribution in [0, 0.1) is 5.41 Å². The highest BCUT2D eigenvalue weighted by atomic mass is 16.5. The molecule has 0 aromatic heterocycles. The van der Waals surface area contributed by atoms with E-state index in [1.807, 2.05) is 13.8 Å². The van der Waals surface area contributed by atoms with Crippen LogP contribution in [0.3, 0.4) is 0 Å². The summed E-state index contributed by atoms with van der Waals surface area (Å²) >= 11 is 0. The first kappa shape index (κ1) is 20.9. The van der Waals surface area contributed by atoms with Crippen LogP contribution in [-0.4, -0.2) is 32.8 Å². The first-order valence-corrected chi connectivity index (χ1v) is 8.31. The van der Waals surface area contributed by atoms with E-state index in [1.54, 1.807) is 39.5 Å². The quantitative estimate of drug-likeness (QED) is 0.754. The molecule has 5 nitrogen and oxygen atoms in total. The molecule has 0 bridgehead atoms. The maximum Gasteiger partial charge on any atom is 0.244 e. The van der Waals surface area contributed by atoms with Gasteiger partial charge in [0.15, 0.2) is 11.5 Å². The van der Waals surface area contributed by atoms with Gasteiger partial charge in [-0.3, -0.25) is 4.79 Å². The lowest BCUT2D eigenvalue weighted by Gasteiger charge is -2.32. The van der Waals surface area contributed by atoms with Gasteiger partial charge in [-0.15, -0.1) is 0 Å². The van der Waals surface area contributed by atoms with E-state index >= 15 is 0 Å². The normalized spacial score (nSPS) is 12.2. The van der Waals surface area contributed by atoms with Crippen molar-refractivity contribution in [1.82, 2.24) is 5.32 Å². The zero-order valence-electron chi connectivity index (χ0n) is 16.6. The third kappa shape index (κ3) is 6.69. The van der Waals surface area contributed by atoms with Crippen molar-refractivity contribution in [2.24, 2.45) is 5.41 Å². The second-order valence-corrected chi connectivity index (χ2v) is 7.89. The molecular formula is C20H31NO4. The van der Waals surface area contributed by atoms with Crippen molar-refractivity contribution in [2.75, 3.05) is 21.3 Å². The fourth-order valence-electron chi connectivity index (χ4n) is 3.09. The first-order chi connectivity index (χ1) is 11.5. The molecule has 0 fully saturated rings. The van der Waals surface area contributed by atoms with Gasteiger partial charge in [0.1, 0.15) is 5.75 Å². The second kappa shape index (κ2) is 8.28. The number of benzene rings is 1. The summed E-state index contributed by atoms with van der Waals surface area (Å²) in [4.78, 5) is 12.3. The lowest BCUT2D eigenvalue weighted by Crippen LogP contribution is -2.45. The van der Waals surface area contributed by atoms with Crippen LogP contribution < -0.4 is 19.5 Å². The zero-order valence-corrected chi connectivity index (χ0v) is 16.6. The van der Waals surface area contributed by atoms with Crippen molar-refractivity contribution < 1.29 is 19.0 Å². The van der Waals surface area contributed by atoms with Gasteiger partial charge < -0.3 is 19.5 Å². The number of ether oxygens (including phenoxy) is 3. The summed E-state index contributed by atoms with van der Waals surface area (Å²) in [5.41, 5.74) is 0.581. The fraction of sp³-hybridized carbons (Fsp3) is 0.550. The van der Waals surface area contributed by atoms with Crippen LogP contribution in [-0.2, 0) is 4.79 Å². The molecule has 0 heterocycles. The number of hydrogen-bond acceptors (Lipinski definition) is 4. The van der Waals surface area contributed by atoms with Crippen molar-refractivity contribution in [3.05, 3.63) is 23.8 Å². The first-order valence-electron chi connectivity index (χ1n) is 8.31. The fourth-order valence-corrected chi connectivity index (χ4v) is 3.09. The number of carbonyl (C=O) groups is 1. The van der Waals surface area contributed by atoms with Gasteiger partial charge in [-0.2, -0.15) is 0 Å². The smallest absolute Gasteiger partial charge is 0.244 e. The summed E-state index contributed by atoms with van der Waals surface area (Å²) in [5.74, 6) is 1.62.